The molecule has 1 amide bonds. The van der Waals surface area contributed by atoms with Crippen LogP contribution in [0.1, 0.15) is 16.8 Å². The van der Waals surface area contributed by atoms with Crippen molar-refractivity contribution in [2.24, 2.45) is 0 Å². The maximum Gasteiger partial charge on any atom is 0.352 e. The van der Waals surface area contributed by atoms with Gasteiger partial charge in [0.15, 0.2) is 5.65 Å². The molecule has 0 unspecified atom stereocenters. The maximum absolute atomic E-state index is 13.0. The van der Waals surface area contributed by atoms with Crippen molar-refractivity contribution in [2.75, 3.05) is 5.32 Å². The number of amides is 1. The molecule has 4 rings (SSSR count). The monoisotopic (exact) mass is 387 g/mol. The smallest absolute Gasteiger partial charge is 0.324 e. The molecular weight excluding hydrogens is 366 g/mol. The molecule has 146 valence electrons. The van der Waals surface area contributed by atoms with Crippen molar-refractivity contribution >= 4 is 17.2 Å². The highest BCUT2D eigenvalue weighted by atomic mass is 16.2. The fourth-order valence-electron chi connectivity index (χ4n) is 3.32. The van der Waals surface area contributed by atoms with Crippen LogP contribution < -0.4 is 11.0 Å². The van der Waals surface area contributed by atoms with E-state index in [4.69, 9.17) is 0 Å². The van der Waals surface area contributed by atoms with Crippen LogP contribution in [0.4, 0.5) is 5.69 Å². The molecule has 0 aliphatic rings. The molecule has 7 heteroatoms. The number of hydrogen-bond acceptors (Lipinski definition) is 4. The van der Waals surface area contributed by atoms with Crippen molar-refractivity contribution in [1.82, 2.24) is 19.2 Å². The molecule has 0 aliphatic heterocycles. The average molecular weight is 387 g/mol. The van der Waals surface area contributed by atoms with Gasteiger partial charge in [-0.15, -0.1) is 5.10 Å². The lowest BCUT2D eigenvalue weighted by atomic mass is 10.1. The fraction of sp³-hybridized carbons (Fsp3) is 0.182. The third-order valence-corrected chi connectivity index (χ3v) is 4.68. The third kappa shape index (κ3) is 3.67. The van der Waals surface area contributed by atoms with E-state index in [1.165, 1.54) is 9.08 Å². The summed E-state index contributed by atoms with van der Waals surface area (Å²) >= 11 is 0. The Morgan fingerprint density at radius 3 is 2.52 bits per heavy atom. The predicted molar refractivity (Wildman–Crippen MR) is 112 cm³/mol. The summed E-state index contributed by atoms with van der Waals surface area (Å²) in [7, 11) is 0. The van der Waals surface area contributed by atoms with Gasteiger partial charge in [-0.3, -0.25) is 4.79 Å². The second kappa shape index (κ2) is 7.35. The zero-order chi connectivity index (χ0) is 20.5. The molecule has 7 nitrogen and oxygen atoms in total. The molecule has 2 aromatic heterocycles. The Kier molecular flexibility index (Phi) is 4.72. The standard InChI is InChI=1S/C22H21N5O2/c1-14-9-10-18(15(2)11-14)24-20(28)13-26-22(29)27-19(25-26)12-16(3)23-21(27)17-7-5-4-6-8-17/h4-12H,13H2,1-3H3,(H,24,28). The van der Waals surface area contributed by atoms with Gasteiger partial charge in [0.1, 0.15) is 12.4 Å². The highest BCUT2D eigenvalue weighted by Crippen LogP contribution is 2.18. The molecule has 0 saturated carbocycles. The Bertz CT molecular complexity index is 1270. The van der Waals surface area contributed by atoms with Gasteiger partial charge < -0.3 is 5.32 Å². The van der Waals surface area contributed by atoms with Gasteiger partial charge >= 0.3 is 5.69 Å². The normalized spacial score (nSPS) is 11.0. The van der Waals surface area contributed by atoms with Gasteiger partial charge in [-0.25, -0.2) is 18.9 Å². The Hall–Kier alpha value is -3.74. The van der Waals surface area contributed by atoms with Gasteiger partial charge in [0.25, 0.3) is 0 Å². The maximum atomic E-state index is 13.0. The summed E-state index contributed by atoms with van der Waals surface area (Å²) in [5, 5.41) is 7.20. The van der Waals surface area contributed by atoms with Crippen LogP contribution in [-0.4, -0.2) is 25.1 Å². The van der Waals surface area contributed by atoms with E-state index in [9.17, 15) is 9.59 Å². The van der Waals surface area contributed by atoms with Crippen LogP contribution in [0.15, 0.2) is 59.4 Å². The third-order valence-electron chi connectivity index (χ3n) is 4.68. The van der Waals surface area contributed by atoms with Crippen LogP contribution in [0.2, 0.25) is 0 Å². The van der Waals surface area contributed by atoms with Crippen molar-refractivity contribution in [2.45, 2.75) is 27.3 Å². The van der Waals surface area contributed by atoms with E-state index in [1.807, 2.05) is 69.3 Å². The Morgan fingerprint density at radius 1 is 1.03 bits per heavy atom. The predicted octanol–water partition coefficient (Wildman–Crippen LogP) is 3.12. The molecule has 1 N–H and O–H groups in total. The minimum Gasteiger partial charge on any atom is -0.324 e. The summed E-state index contributed by atoms with van der Waals surface area (Å²) in [5.41, 5.74) is 4.42. The van der Waals surface area contributed by atoms with E-state index in [2.05, 4.69) is 15.4 Å². The Morgan fingerprint density at radius 2 is 1.79 bits per heavy atom. The number of rotatable bonds is 4. The number of carbonyl (C=O) groups excluding carboxylic acids is 1. The van der Waals surface area contributed by atoms with Gasteiger partial charge in [0, 0.05) is 23.0 Å². The van der Waals surface area contributed by atoms with E-state index in [0.717, 1.165) is 28.1 Å². The summed E-state index contributed by atoms with van der Waals surface area (Å²) in [6, 6.07) is 17.0. The largest absolute Gasteiger partial charge is 0.352 e. The lowest BCUT2D eigenvalue weighted by Gasteiger charge is -2.08. The minimum atomic E-state index is -0.401. The van der Waals surface area contributed by atoms with E-state index in [-0.39, 0.29) is 12.5 Å². The molecule has 29 heavy (non-hydrogen) atoms. The number of carbonyl (C=O) groups is 1. The van der Waals surface area contributed by atoms with Crippen LogP contribution >= 0.6 is 0 Å². The van der Waals surface area contributed by atoms with Crippen LogP contribution in [0.5, 0.6) is 0 Å². The van der Waals surface area contributed by atoms with Crippen molar-refractivity contribution in [1.29, 1.82) is 0 Å². The Labute approximate surface area is 167 Å². The molecule has 4 aromatic rings. The zero-order valence-electron chi connectivity index (χ0n) is 16.5. The number of aryl methyl sites for hydroxylation is 3. The van der Waals surface area contributed by atoms with Gasteiger partial charge in [-0.2, -0.15) is 0 Å². The van der Waals surface area contributed by atoms with Crippen molar-refractivity contribution in [3.05, 3.63) is 81.9 Å². The molecule has 0 aliphatic carbocycles. The number of hydrogen-bond donors (Lipinski definition) is 1. The van der Waals surface area contributed by atoms with Crippen LogP contribution in [0.3, 0.4) is 0 Å². The molecule has 2 aromatic carbocycles. The van der Waals surface area contributed by atoms with Gasteiger partial charge in [0.05, 0.1) is 0 Å². The number of nitrogens with one attached hydrogen (secondary N) is 1. The molecule has 0 fully saturated rings. The van der Waals surface area contributed by atoms with E-state index < -0.39 is 5.69 Å². The van der Waals surface area contributed by atoms with Gasteiger partial charge in [-0.1, -0.05) is 48.0 Å². The fourth-order valence-corrected chi connectivity index (χ4v) is 3.32. The van der Waals surface area contributed by atoms with Crippen LogP contribution in [-0.2, 0) is 11.3 Å². The summed E-state index contributed by atoms with van der Waals surface area (Å²) in [6.07, 6.45) is 0. The van der Waals surface area contributed by atoms with Crippen molar-refractivity contribution < 1.29 is 4.79 Å². The van der Waals surface area contributed by atoms with Crippen molar-refractivity contribution in [3.8, 4) is 11.4 Å². The van der Waals surface area contributed by atoms with Crippen LogP contribution in [0, 0.1) is 20.8 Å². The van der Waals surface area contributed by atoms with E-state index in [0.29, 0.717) is 11.5 Å². The molecule has 2 heterocycles. The summed E-state index contributed by atoms with van der Waals surface area (Å²) in [6.45, 7) is 5.60. The first-order valence-electron chi connectivity index (χ1n) is 9.32. The minimum absolute atomic E-state index is 0.179. The van der Waals surface area contributed by atoms with Crippen LogP contribution in [0.25, 0.3) is 17.0 Å². The second-order valence-corrected chi connectivity index (χ2v) is 7.09. The highest BCUT2D eigenvalue weighted by Gasteiger charge is 2.16. The number of benzene rings is 2. The van der Waals surface area contributed by atoms with E-state index in [1.54, 1.807) is 6.07 Å². The summed E-state index contributed by atoms with van der Waals surface area (Å²) < 4.78 is 2.61. The lowest BCUT2D eigenvalue weighted by molar-refractivity contribution is -0.117. The van der Waals surface area contributed by atoms with Gasteiger partial charge in [-0.05, 0) is 32.4 Å². The first-order chi connectivity index (χ1) is 13.9. The molecule has 0 atom stereocenters. The molecule has 0 bridgehead atoms. The quantitative estimate of drug-likeness (QED) is 0.583. The van der Waals surface area contributed by atoms with Gasteiger partial charge in [0.2, 0.25) is 5.91 Å². The topological polar surface area (TPSA) is 81.3 Å². The SMILES string of the molecule is Cc1ccc(NC(=O)Cn2nc3cc(C)nc(-c4ccccc4)n3c2=O)c(C)c1. The highest BCUT2D eigenvalue weighted by molar-refractivity contribution is 5.91. The number of aromatic nitrogens is 4. The number of anilines is 1. The first kappa shape index (κ1) is 18.6. The second-order valence-electron chi connectivity index (χ2n) is 7.09. The summed E-state index contributed by atoms with van der Waals surface area (Å²) in [5.74, 6) is 0.194. The van der Waals surface area contributed by atoms with E-state index >= 15 is 0 Å². The number of fused-ring (bicyclic) bond motifs is 1. The van der Waals surface area contributed by atoms with Crippen molar-refractivity contribution in [3.63, 3.8) is 0 Å². The molecule has 0 radical (unpaired) electrons. The zero-order valence-corrected chi connectivity index (χ0v) is 16.5. The molecular formula is C22H21N5O2. The molecule has 0 saturated heterocycles. The Balaban J connectivity index is 1.69. The first-order valence-corrected chi connectivity index (χ1v) is 9.32. The summed E-state index contributed by atoms with van der Waals surface area (Å²) in [4.78, 5) is 30.0. The average Bonchev–Trinajstić information content (AvgIpc) is 2.99. The molecule has 0 spiro atoms. The number of nitrogens with zero attached hydrogens (tertiary/aromatic N) is 4. The lowest BCUT2D eigenvalue weighted by Crippen LogP contribution is -2.29.